The molecule has 140 valence electrons. The maximum Gasteiger partial charge on any atom is 0.329 e. The maximum absolute atomic E-state index is 11.8. The first-order valence-corrected chi connectivity index (χ1v) is 8.22. The Morgan fingerprint density at radius 3 is 2.48 bits per heavy atom. The Morgan fingerprint density at radius 1 is 1.07 bits per heavy atom. The van der Waals surface area contributed by atoms with Crippen LogP contribution in [0.5, 0.6) is 5.75 Å². The van der Waals surface area contributed by atoms with Crippen LogP contribution in [0.15, 0.2) is 47.6 Å². The second kappa shape index (κ2) is 9.56. The highest BCUT2D eigenvalue weighted by Gasteiger charge is 2.14. The van der Waals surface area contributed by atoms with Crippen molar-refractivity contribution in [3.8, 4) is 5.75 Å². The molecule has 0 atom stereocenters. The van der Waals surface area contributed by atoms with E-state index in [9.17, 15) is 14.4 Å². The molecule has 0 radical (unpaired) electrons. The summed E-state index contributed by atoms with van der Waals surface area (Å²) in [6.07, 6.45) is 1.28. The number of hydrogen-bond acceptors (Lipinski definition) is 5. The van der Waals surface area contributed by atoms with Gasteiger partial charge in [-0.25, -0.2) is 5.43 Å². The fourth-order valence-corrected chi connectivity index (χ4v) is 2.25. The van der Waals surface area contributed by atoms with Crippen molar-refractivity contribution in [2.75, 3.05) is 11.9 Å². The van der Waals surface area contributed by atoms with Crippen LogP contribution >= 0.6 is 23.2 Å². The lowest BCUT2D eigenvalue weighted by atomic mass is 10.2. The highest BCUT2D eigenvalue weighted by Crippen LogP contribution is 2.24. The molecule has 0 unspecified atom stereocenters. The third-order valence-corrected chi connectivity index (χ3v) is 3.66. The number of halogens is 2. The van der Waals surface area contributed by atoms with Crippen molar-refractivity contribution >= 4 is 52.8 Å². The molecule has 0 bridgehead atoms. The van der Waals surface area contributed by atoms with Crippen molar-refractivity contribution in [2.45, 2.75) is 0 Å². The summed E-state index contributed by atoms with van der Waals surface area (Å²) in [5.74, 6) is -2.25. The Labute approximate surface area is 164 Å². The number of nitrogens with two attached hydrogens (primary N) is 1. The van der Waals surface area contributed by atoms with Crippen LogP contribution in [-0.2, 0) is 14.4 Å². The number of primary amides is 1. The Bertz CT molecular complexity index is 902. The van der Waals surface area contributed by atoms with Crippen LogP contribution in [0.4, 0.5) is 5.69 Å². The molecule has 2 aromatic carbocycles. The van der Waals surface area contributed by atoms with Gasteiger partial charge in [0.25, 0.3) is 5.91 Å². The van der Waals surface area contributed by atoms with Crippen LogP contribution in [0.1, 0.15) is 5.56 Å². The molecule has 27 heavy (non-hydrogen) atoms. The number of hydrogen-bond donors (Lipinski definition) is 3. The van der Waals surface area contributed by atoms with Gasteiger partial charge in [0.05, 0.1) is 21.9 Å². The Kier molecular flexibility index (Phi) is 7.16. The highest BCUT2D eigenvalue weighted by atomic mass is 35.5. The number of carbonyl (C=O) groups is 3. The number of amides is 3. The third kappa shape index (κ3) is 6.28. The van der Waals surface area contributed by atoms with Crippen molar-refractivity contribution in [2.24, 2.45) is 10.8 Å². The van der Waals surface area contributed by atoms with E-state index in [0.717, 1.165) is 0 Å². The number of anilines is 1. The van der Waals surface area contributed by atoms with Gasteiger partial charge >= 0.3 is 11.8 Å². The number of rotatable bonds is 6. The van der Waals surface area contributed by atoms with Crippen LogP contribution in [0.25, 0.3) is 0 Å². The quantitative estimate of drug-likeness (QED) is 0.383. The van der Waals surface area contributed by atoms with E-state index in [2.05, 4.69) is 15.8 Å². The van der Waals surface area contributed by atoms with E-state index in [-0.39, 0.29) is 17.4 Å². The highest BCUT2D eigenvalue weighted by molar-refractivity contribution is 6.41. The Hall–Kier alpha value is -3.10. The summed E-state index contributed by atoms with van der Waals surface area (Å²) in [6.45, 7) is -0.302. The predicted molar refractivity (Wildman–Crippen MR) is 102 cm³/mol. The van der Waals surface area contributed by atoms with Gasteiger partial charge in [-0.1, -0.05) is 35.3 Å². The third-order valence-electron chi connectivity index (χ3n) is 3.03. The van der Waals surface area contributed by atoms with Gasteiger partial charge in [0.1, 0.15) is 5.75 Å². The Balaban J connectivity index is 1.91. The minimum absolute atomic E-state index is 0.225. The topological polar surface area (TPSA) is 123 Å². The summed E-state index contributed by atoms with van der Waals surface area (Å²) >= 11 is 11.9. The molecule has 0 fully saturated rings. The number of carbonyl (C=O) groups excluding carboxylic acids is 3. The zero-order valence-electron chi connectivity index (χ0n) is 13.7. The lowest BCUT2D eigenvalue weighted by Gasteiger charge is -2.06. The lowest BCUT2D eigenvalue weighted by Crippen LogP contribution is -2.32. The van der Waals surface area contributed by atoms with E-state index in [1.165, 1.54) is 18.3 Å². The molecule has 0 spiro atoms. The molecule has 0 saturated heterocycles. The minimum Gasteiger partial charge on any atom is -0.482 e. The second-order valence-corrected chi connectivity index (χ2v) is 5.89. The van der Waals surface area contributed by atoms with E-state index >= 15 is 0 Å². The molecule has 0 aliphatic rings. The number of nitrogens with one attached hydrogen (secondary N) is 2. The molecule has 0 aromatic heterocycles. The van der Waals surface area contributed by atoms with Crippen molar-refractivity contribution in [1.29, 1.82) is 0 Å². The normalized spacial score (nSPS) is 10.4. The summed E-state index contributed by atoms with van der Waals surface area (Å²) in [5.41, 5.74) is 7.91. The molecule has 0 aliphatic carbocycles. The fourth-order valence-electron chi connectivity index (χ4n) is 1.82. The van der Waals surface area contributed by atoms with Crippen LogP contribution in [0.3, 0.4) is 0 Å². The maximum atomic E-state index is 11.8. The van der Waals surface area contributed by atoms with E-state index in [4.69, 9.17) is 33.7 Å². The van der Waals surface area contributed by atoms with E-state index in [0.29, 0.717) is 16.3 Å². The van der Waals surface area contributed by atoms with Crippen molar-refractivity contribution in [3.63, 3.8) is 0 Å². The first kappa shape index (κ1) is 20.2. The number of ether oxygens (including phenoxy) is 1. The molecule has 10 heteroatoms. The molecule has 0 heterocycles. The van der Waals surface area contributed by atoms with E-state index in [1.807, 2.05) is 0 Å². The van der Waals surface area contributed by atoms with Crippen molar-refractivity contribution in [1.82, 2.24) is 5.43 Å². The summed E-state index contributed by atoms with van der Waals surface area (Å²) in [5, 5.41) is 6.57. The molecule has 8 nitrogen and oxygen atoms in total. The van der Waals surface area contributed by atoms with Gasteiger partial charge in [-0.3, -0.25) is 14.4 Å². The van der Waals surface area contributed by atoms with E-state index < -0.39 is 17.7 Å². The average molecular weight is 409 g/mol. The summed E-state index contributed by atoms with van der Waals surface area (Å²) in [4.78, 5) is 34.2. The zero-order valence-corrected chi connectivity index (χ0v) is 15.3. The average Bonchev–Trinajstić information content (AvgIpc) is 2.62. The molecule has 4 N–H and O–H groups in total. The van der Waals surface area contributed by atoms with Gasteiger partial charge < -0.3 is 15.8 Å². The standard InChI is InChI=1S/C17H14Cl2N4O4/c18-11-3-1-2-4-13(11)22-16(25)17(26)23-21-8-10-5-6-14(12(19)7-10)27-9-15(20)24/h1-8H,9H2,(H2,20,24)(H,22,25)(H,23,26)/b21-8-. The van der Waals surface area contributed by atoms with Gasteiger partial charge in [0, 0.05) is 0 Å². The first-order chi connectivity index (χ1) is 12.9. The van der Waals surface area contributed by atoms with Gasteiger partial charge in [-0.2, -0.15) is 5.10 Å². The SMILES string of the molecule is NC(=O)COc1ccc(/C=N\NC(=O)C(=O)Nc2ccccc2Cl)cc1Cl. The molecule has 2 aromatic rings. The summed E-state index contributed by atoms with van der Waals surface area (Å²) in [7, 11) is 0. The molecule has 0 aliphatic heterocycles. The van der Waals surface area contributed by atoms with Crippen molar-refractivity contribution in [3.05, 3.63) is 58.1 Å². The predicted octanol–water partition coefficient (Wildman–Crippen LogP) is 1.95. The molecular formula is C17H14Cl2N4O4. The summed E-state index contributed by atoms with van der Waals surface area (Å²) < 4.78 is 5.11. The first-order valence-electron chi connectivity index (χ1n) is 7.46. The number of nitrogens with zero attached hydrogens (tertiary/aromatic N) is 1. The van der Waals surface area contributed by atoms with Crippen LogP contribution in [0.2, 0.25) is 10.0 Å². The van der Waals surface area contributed by atoms with Gasteiger partial charge in [-0.15, -0.1) is 0 Å². The smallest absolute Gasteiger partial charge is 0.329 e. The van der Waals surface area contributed by atoms with Crippen LogP contribution in [0, 0.1) is 0 Å². The molecule has 2 rings (SSSR count). The number of hydrazone groups is 1. The van der Waals surface area contributed by atoms with Crippen LogP contribution < -0.4 is 21.2 Å². The van der Waals surface area contributed by atoms with E-state index in [1.54, 1.807) is 30.3 Å². The zero-order chi connectivity index (χ0) is 19.8. The second-order valence-electron chi connectivity index (χ2n) is 5.08. The van der Waals surface area contributed by atoms with Gasteiger partial charge in [0.2, 0.25) is 0 Å². The monoisotopic (exact) mass is 408 g/mol. The minimum atomic E-state index is -0.973. The summed E-state index contributed by atoms with van der Waals surface area (Å²) in [6, 6.07) is 11.1. The molecular weight excluding hydrogens is 395 g/mol. The number of para-hydroxylation sites is 1. The fraction of sp³-hybridized carbons (Fsp3) is 0.0588. The van der Waals surface area contributed by atoms with Crippen LogP contribution in [-0.4, -0.2) is 30.5 Å². The lowest BCUT2D eigenvalue weighted by molar-refractivity contribution is -0.136. The van der Waals surface area contributed by atoms with Gasteiger partial charge in [0.15, 0.2) is 6.61 Å². The molecule has 0 saturated carbocycles. The number of benzene rings is 2. The largest absolute Gasteiger partial charge is 0.482 e. The Morgan fingerprint density at radius 2 is 1.81 bits per heavy atom. The van der Waals surface area contributed by atoms with Crippen molar-refractivity contribution < 1.29 is 19.1 Å². The van der Waals surface area contributed by atoms with Gasteiger partial charge in [-0.05, 0) is 35.9 Å². The molecule has 3 amide bonds.